The lowest BCUT2D eigenvalue weighted by molar-refractivity contribution is -0.120. The van der Waals surface area contributed by atoms with Crippen molar-refractivity contribution < 1.29 is 18.4 Å². The summed E-state index contributed by atoms with van der Waals surface area (Å²) in [5, 5.41) is 5.15. The fourth-order valence-corrected chi connectivity index (χ4v) is 2.18. The maximum atomic E-state index is 13.0. The average Bonchev–Trinajstić information content (AvgIpc) is 3.30. The first kappa shape index (κ1) is 16.4. The third-order valence-corrected chi connectivity index (χ3v) is 3.43. The van der Waals surface area contributed by atoms with Crippen molar-refractivity contribution in [1.82, 2.24) is 20.2 Å². The van der Waals surface area contributed by atoms with E-state index in [2.05, 4.69) is 15.6 Å². The molecule has 0 fully saturated rings. The largest absolute Gasteiger partial charge is 0.467 e. The number of benzene rings is 1. The molecule has 128 valence electrons. The van der Waals surface area contributed by atoms with Crippen LogP contribution < -0.4 is 10.6 Å². The van der Waals surface area contributed by atoms with Gasteiger partial charge in [-0.05, 0) is 36.4 Å². The summed E-state index contributed by atoms with van der Waals surface area (Å²) < 4.78 is 19.6. The minimum atomic E-state index is -0.463. The van der Waals surface area contributed by atoms with Gasteiger partial charge >= 0.3 is 0 Å². The van der Waals surface area contributed by atoms with Crippen LogP contribution in [0.4, 0.5) is 4.39 Å². The Kier molecular flexibility index (Phi) is 4.89. The molecule has 0 aliphatic heterocycles. The molecule has 7 nitrogen and oxygen atoms in total. The Bertz CT molecular complexity index is 856. The molecule has 0 aliphatic rings. The molecule has 0 bridgehead atoms. The van der Waals surface area contributed by atoms with Crippen LogP contribution in [0.1, 0.15) is 16.2 Å². The van der Waals surface area contributed by atoms with Crippen LogP contribution in [0, 0.1) is 5.82 Å². The molecule has 0 spiro atoms. The summed E-state index contributed by atoms with van der Waals surface area (Å²) in [4.78, 5) is 28.0. The van der Waals surface area contributed by atoms with Crippen molar-refractivity contribution in [3.8, 4) is 5.69 Å². The van der Waals surface area contributed by atoms with Crippen molar-refractivity contribution in [3.63, 3.8) is 0 Å². The third-order valence-electron chi connectivity index (χ3n) is 3.43. The molecule has 2 aromatic heterocycles. The lowest BCUT2D eigenvalue weighted by Crippen LogP contribution is -2.37. The number of nitrogens with zero attached hydrogens (tertiary/aromatic N) is 2. The minimum absolute atomic E-state index is 0.186. The van der Waals surface area contributed by atoms with Crippen LogP contribution in [0.5, 0.6) is 0 Å². The highest BCUT2D eigenvalue weighted by Crippen LogP contribution is 2.12. The zero-order chi connectivity index (χ0) is 17.6. The highest BCUT2D eigenvalue weighted by Gasteiger charge is 2.14. The van der Waals surface area contributed by atoms with Crippen LogP contribution >= 0.6 is 0 Å². The van der Waals surface area contributed by atoms with E-state index in [1.807, 2.05) is 0 Å². The van der Waals surface area contributed by atoms with Crippen LogP contribution in [0.3, 0.4) is 0 Å². The first-order valence-corrected chi connectivity index (χ1v) is 7.49. The second-order valence-corrected chi connectivity index (χ2v) is 5.16. The van der Waals surface area contributed by atoms with E-state index < -0.39 is 5.91 Å². The molecule has 25 heavy (non-hydrogen) atoms. The van der Waals surface area contributed by atoms with Gasteiger partial charge in [-0.15, -0.1) is 0 Å². The van der Waals surface area contributed by atoms with Gasteiger partial charge in [-0.3, -0.25) is 14.2 Å². The van der Waals surface area contributed by atoms with Crippen molar-refractivity contribution in [3.05, 3.63) is 72.5 Å². The van der Waals surface area contributed by atoms with Gasteiger partial charge in [-0.2, -0.15) is 0 Å². The molecule has 0 saturated carbocycles. The molecule has 3 rings (SSSR count). The van der Waals surface area contributed by atoms with E-state index in [1.54, 1.807) is 12.1 Å². The number of rotatable bonds is 6. The number of hydrogen-bond acceptors (Lipinski definition) is 4. The van der Waals surface area contributed by atoms with Gasteiger partial charge in [-0.25, -0.2) is 9.37 Å². The number of carbonyl (C=O) groups is 2. The van der Waals surface area contributed by atoms with Crippen molar-refractivity contribution in [2.75, 3.05) is 6.54 Å². The van der Waals surface area contributed by atoms with Gasteiger partial charge in [0.05, 0.1) is 31.9 Å². The molecular formula is C17H15FN4O3. The molecule has 0 unspecified atom stereocenters. The first-order valence-electron chi connectivity index (χ1n) is 7.49. The maximum Gasteiger partial charge on any atom is 0.270 e. The van der Waals surface area contributed by atoms with E-state index in [1.165, 1.54) is 47.6 Å². The fraction of sp³-hybridized carbons (Fsp3) is 0.118. The number of hydrogen-bond donors (Lipinski definition) is 2. The monoisotopic (exact) mass is 342 g/mol. The Hall–Kier alpha value is -3.42. The van der Waals surface area contributed by atoms with Gasteiger partial charge in [0.15, 0.2) is 0 Å². The van der Waals surface area contributed by atoms with Crippen LogP contribution in [-0.4, -0.2) is 27.9 Å². The van der Waals surface area contributed by atoms with E-state index in [-0.39, 0.29) is 30.5 Å². The second-order valence-electron chi connectivity index (χ2n) is 5.16. The predicted octanol–water partition coefficient (Wildman–Crippen LogP) is 1.65. The summed E-state index contributed by atoms with van der Waals surface area (Å²) in [6.07, 6.45) is 4.33. The number of halogens is 1. The van der Waals surface area contributed by atoms with E-state index in [0.29, 0.717) is 11.4 Å². The van der Waals surface area contributed by atoms with Crippen molar-refractivity contribution in [2.24, 2.45) is 0 Å². The van der Waals surface area contributed by atoms with Gasteiger partial charge in [0, 0.05) is 5.69 Å². The lowest BCUT2D eigenvalue weighted by Gasteiger charge is -2.09. The normalized spacial score (nSPS) is 10.4. The number of carbonyl (C=O) groups excluding carboxylic acids is 2. The molecule has 1 aromatic carbocycles. The number of imidazole rings is 1. The van der Waals surface area contributed by atoms with Crippen molar-refractivity contribution in [2.45, 2.75) is 6.54 Å². The van der Waals surface area contributed by atoms with Crippen molar-refractivity contribution in [1.29, 1.82) is 0 Å². The van der Waals surface area contributed by atoms with Crippen LogP contribution in [-0.2, 0) is 11.3 Å². The minimum Gasteiger partial charge on any atom is -0.467 e. The highest BCUT2D eigenvalue weighted by molar-refractivity contribution is 5.95. The van der Waals surface area contributed by atoms with Crippen molar-refractivity contribution >= 4 is 11.8 Å². The van der Waals surface area contributed by atoms with E-state index in [4.69, 9.17) is 4.42 Å². The van der Waals surface area contributed by atoms with Crippen LogP contribution in [0.2, 0.25) is 0 Å². The Labute approximate surface area is 142 Å². The first-order chi connectivity index (χ1) is 12.1. The SMILES string of the molecule is O=C(CNC(=O)c1cncn1-c1ccc(F)cc1)NCc1ccco1. The van der Waals surface area contributed by atoms with Gasteiger partial charge in [0.1, 0.15) is 17.3 Å². The molecule has 2 amide bonds. The summed E-state index contributed by atoms with van der Waals surface area (Å²) in [6, 6.07) is 9.10. The van der Waals surface area contributed by atoms with Gasteiger partial charge in [0.2, 0.25) is 5.91 Å². The topological polar surface area (TPSA) is 89.2 Å². The molecule has 3 aromatic rings. The molecule has 2 heterocycles. The van der Waals surface area contributed by atoms with Crippen LogP contribution in [0.25, 0.3) is 5.69 Å². The maximum absolute atomic E-state index is 13.0. The Balaban J connectivity index is 1.57. The standard InChI is InChI=1S/C17H15FN4O3/c18-12-3-5-13(6-4-12)22-11-19-9-15(22)17(24)21-10-16(23)20-8-14-2-1-7-25-14/h1-7,9,11H,8,10H2,(H,20,23)(H,21,24). The predicted molar refractivity (Wildman–Crippen MR) is 86.4 cm³/mol. The molecular weight excluding hydrogens is 327 g/mol. The lowest BCUT2D eigenvalue weighted by atomic mass is 10.3. The van der Waals surface area contributed by atoms with E-state index in [0.717, 1.165) is 0 Å². The smallest absolute Gasteiger partial charge is 0.270 e. The summed E-state index contributed by atoms with van der Waals surface area (Å²) in [5.74, 6) is -0.565. The molecule has 0 atom stereocenters. The second kappa shape index (κ2) is 7.43. The quantitative estimate of drug-likeness (QED) is 0.713. The Morgan fingerprint density at radius 3 is 2.68 bits per heavy atom. The molecule has 0 saturated heterocycles. The van der Waals surface area contributed by atoms with E-state index in [9.17, 15) is 14.0 Å². The average molecular weight is 342 g/mol. The third kappa shape index (κ3) is 4.11. The fourth-order valence-electron chi connectivity index (χ4n) is 2.18. The molecule has 0 aliphatic carbocycles. The number of amides is 2. The van der Waals surface area contributed by atoms with Crippen LogP contribution in [0.15, 0.2) is 59.6 Å². The summed E-state index contributed by atoms with van der Waals surface area (Å²) in [6.45, 7) is 0.0589. The van der Waals surface area contributed by atoms with Gasteiger partial charge < -0.3 is 15.1 Å². The summed E-state index contributed by atoms with van der Waals surface area (Å²) in [7, 11) is 0. The number of aromatic nitrogens is 2. The summed E-state index contributed by atoms with van der Waals surface area (Å²) in [5.41, 5.74) is 0.830. The number of furan rings is 1. The highest BCUT2D eigenvalue weighted by atomic mass is 19.1. The zero-order valence-electron chi connectivity index (χ0n) is 13.1. The molecule has 8 heteroatoms. The molecule has 0 radical (unpaired) electrons. The van der Waals surface area contributed by atoms with E-state index >= 15 is 0 Å². The van der Waals surface area contributed by atoms with Gasteiger partial charge in [0.25, 0.3) is 5.91 Å². The van der Waals surface area contributed by atoms with Gasteiger partial charge in [-0.1, -0.05) is 0 Å². The molecule has 2 N–H and O–H groups in total. The summed E-state index contributed by atoms with van der Waals surface area (Å²) >= 11 is 0. The zero-order valence-corrected chi connectivity index (χ0v) is 13.1. The Morgan fingerprint density at radius 2 is 1.96 bits per heavy atom. The Morgan fingerprint density at radius 1 is 1.16 bits per heavy atom. The number of nitrogens with one attached hydrogen (secondary N) is 2.